The van der Waals surface area contributed by atoms with Crippen molar-refractivity contribution in [3.05, 3.63) is 72.6 Å². The Labute approximate surface area is 120 Å². The van der Waals surface area contributed by atoms with Gasteiger partial charge in [-0.15, -0.1) is 0 Å². The number of hydrogen-bond donors (Lipinski definition) is 0. The van der Waals surface area contributed by atoms with Gasteiger partial charge in [-0.3, -0.25) is 0 Å². The van der Waals surface area contributed by atoms with Crippen LogP contribution in [0.3, 0.4) is 0 Å². The molecule has 2 aromatic rings. The Morgan fingerprint density at radius 1 is 1.06 bits per heavy atom. The summed E-state index contributed by atoms with van der Waals surface area (Å²) in [5.74, 6) is 0. The zero-order chi connectivity index (χ0) is 12.3. The van der Waals surface area contributed by atoms with Crippen molar-refractivity contribution in [2.45, 2.75) is 19.9 Å². The van der Waals surface area contributed by atoms with E-state index in [4.69, 9.17) is 0 Å². The highest BCUT2D eigenvalue weighted by Gasteiger charge is 2.19. The molecule has 1 atom stereocenters. The third-order valence-corrected chi connectivity index (χ3v) is 3.17. The van der Waals surface area contributed by atoms with Gasteiger partial charge in [0.25, 0.3) is 0 Å². The summed E-state index contributed by atoms with van der Waals surface area (Å²) in [5, 5.41) is 0. The van der Waals surface area contributed by atoms with Crippen molar-refractivity contribution in [1.82, 2.24) is 0 Å². The molecule has 2 heteroatoms. The first kappa shape index (κ1) is 14.7. The minimum atomic E-state index is 0. The summed E-state index contributed by atoms with van der Waals surface area (Å²) in [6, 6.07) is 16.9. The Hall–Kier alpha value is -1.41. The number of hydrogen-bond acceptors (Lipinski definition) is 0. The van der Waals surface area contributed by atoms with Crippen LogP contribution in [-0.2, 0) is 0 Å². The van der Waals surface area contributed by atoms with Gasteiger partial charge in [-0.05, 0) is 5.56 Å². The van der Waals surface area contributed by atoms with Gasteiger partial charge in [0.05, 0.1) is 0 Å². The first-order valence-corrected chi connectivity index (χ1v) is 5.91. The highest BCUT2D eigenvalue weighted by Crippen LogP contribution is 2.21. The summed E-state index contributed by atoms with van der Waals surface area (Å²) >= 11 is 0. The molecule has 0 amide bonds. The largest absolute Gasteiger partial charge is 1.00 e. The molecule has 1 unspecified atom stereocenters. The Bertz CT molecular complexity index is 520. The van der Waals surface area contributed by atoms with Crippen LogP contribution in [0, 0.1) is 6.92 Å². The molecule has 18 heavy (non-hydrogen) atoms. The molecule has 0 saturated carbocycles. The zero-order valence-corrected chi connectivity index (χ0v) is 12.4. The van der Waals surface area contributed by atoms with Crippen LogP contribution in [0.15, 0.2) is 61.3 Å². The van der Waals surface area contributed by atoms with Crippen LogP contribution in [0.25, 0.3) is 5.57 Å². The molecule has 0 N–H and O–H groups in total. The SMILES string of the molecule is C=C(c1ccccc1)C(C)[n+]1ccccc1C.[Br-]. The summed E-state index contributed by atoms with van der Waals surface area (Å²) < 4.78 is 2.25. The minimum absolute atomic E-state index is 0. The Balaban J connectivity index is 0.00000162. The second kappa shape index (κ2) is 6.50. The van der Waals surface area contributed by atoms with Crippen LogP contribution in [0.2, 0.25) is 0 Å². The first-order chi connectivity index (χ1) is 8.20. The van der Waals surface area contributed by atoms with Gasteiger partial charge >= 0.3 is 0 Å². The van der Waals surface area contributed by atoms with Gasteiger partial charge in [0, 0.05) is 31.6 Å². The van der Waals surface area contributed by atoms with Gasteiger partial charge in [0.1, 0.15) is 0 Å². The third-order valence-electron chi connectivity index (χ3n) is 3.17. The molecule has 0 saturated heterocycles. The molecular weight excluding hydrogens is 286 g/mol. The molecule has 0 bridgehead atoms. The second-order valence-electron chi connectivity index (χ2n) is 4.32. The maximum absolute atomic E-state index is 4.22. The first-order valence-electron chi connectivity index (χ1n) is 5.91. The van der Waals surface area contributed by atoms with Crippen LogP contribution in [0.4, 0.5) is 0 Å². The Kier molecular flexibility index (Phi) is 5.29. The molecule has 0 fully saturated rings. The van der Waals surface area contributed by atoms with Crippen LogP contribution in [0.1, 0.15) is 24.2 Å². The lowest BCUT2D eigenvalue weighted by Gasteiger charge is -2.12. The molecule has 2 rings (SSSR count). The van der Waals surface area contributed by atoms with E-state index in [9.17, 15) is 0 Å². The number of allylic oxidation sites excluding steroid dienone is 1. The number of nitrogens with zero attached hydrogens (tertiary/aromatic N) is 1. The normalized spacial score (nSPS) is 11.4. The van der Waals surface area contributed by atoms with Crippen molar-refractivity contribution < 1.29 is 21.5 Å². The van der Waals surface area contributed by atoms with E-state index in [2.05, 4.69) is 73.7 Å². The summed E-state index contributed by atoms with van der Waals surface area (Å²) in [6.45, 7) is 8.52. The fraction of sp³-hybridized carbons (Fsp3) is 0.188. The molecule has 94 valence electrons. The third kappa shape index (κ3) is 3.08. The van der Waals surface area contributed by atoms with Gasteiger partial charge in [-0.2, -0.15) is 4.57 Å². The maximum atomic E-state index is 4.22. The summed E-state index contributed by atoms with van der Waals surface area (Å²) in [7, 11) is 0. The average Bonchev–Trinajstić information content (AvgIpc) is 2.39. The lowest BCUT2D eigenvalue weighted by molar-refractivity contribution is -0.711. The van der Waals surface area contributed by atoms with Gasteiger partial charge < -0.3 is 17.0 Å². The summed E-state index contributed by atoms with van der Waals surface area (Å²) in [6.07, 6.45) is 2.11. The second-order valence-corrected chi connectivity index (χ2v) is 4.32. The van der Waals surface area contributed by atoms with Crippen LogP contribution < -0.4 is 21.5 Å². The number of benzene rings is 1. The monoisotopic (exact) mass is 303 g/mol. The zero-order valence-electron chi connectivity index (χ0n) is 10.8. The fourth-order valence-corrected chi connectivity index (χ4v) is 2.04. The standard InChI is InChI=1S/C16H18N.BrH/c1-13-9-7-8-12-17(13)15(3)14(2)16-10-5-4-6-11-16;/h4-12,15H,2H2,1,3H3;1H/q+1;/p-1. The molecule has 0 aliphatic heterocycles. The molecule has 0 spiro atoms. The van der Waals surface area contributed by atoms with E-state index in [0.29, 0.717) is 0 Å². The van der Waals surface area contributed by atoms with Crippen LogP contribution in [-0.4, -0.2) is 0 Å². The molecular formula is C16H18BrN. The molecule has 0 aliphatic carbocycles. The highest BCUT2D eigenvalue weighted by molar-refractivity contribution is 5.64. The molecule has 0 aliphatic rings. The molecule has 1 aromatic heterocycles. The predicted octanol–water partition coefficient (Wildman–Crippen LogP) is 0.561. The van der Waals surface area contributed by atoms with E-state index >= 15 is 0 Å². The summed E-state index contributed by atoms with van der Waals surface area (Å²) in [4.78, 5) is 0. The van der Waals surface area contributed by atoms with Crippen molar-refractivity contribution in [1.29, 1.82) is 0 Å². The number of aromatic nitrogens is 1. The van der Waals surface area contributed by atoms with E-state index in [-0.39, 0.29) is 23.0 Å². The highest BCUT2D eigenvalue weighted by atomic mass is 79.9. The lowest BCUT2D eigenvalue weighted by atomic mass is 10.0. The predicted molar refractivity (Wildman–Crippen MR) is 71.6 cm³/mol. The lowest BCUT2D eigenvalue weighted by Crippen LogP contribution is -3.00. The van der Waals surface area contributed by atoms with Crippen molar-refractivity contribution in [3.63, 3.8) is 0 Å². The number of halogens is 1. The smallest absolute Gasteiger partial charge is 0.181 e. The van der Waals surface area contributed by atoms with Gasteiger partial charge in [-0.25, -0.2) is 0 Å². The number of rotatable bonds is 3. The maximum Gasteiger partial charge on any atom is 0.181 e. The minimum Gasteiger partial charge on any atom is -1.00 e. The van der Waals surface area contributed by atoms with Crippen molar-refractivity contribution in [2.24, 2.45) is 0 Å². The summed E-state index contributed by atoms with van der Waals surface area (Å²) in [5.41, 5.74) is 3.60. The Morgan fingerprint density at radius 2 is 1.67 bits per heavy atom. The Morgan fingerprint density at radius 3 is 2.28 bits per heavy atom. The quantitative estimate of drug-likeness (QED) is 0.730. The van der Waals surface area contributed by atoms with Crippen LogP contribution >= 0.6 is 0 Å². The topological polar surface area (TPSA) is 3.88 Å². The molecule has 1 nitrogen and oxygen atoms in total. The van der Waals surface area contributed by atoms with Crippen molar-refractivity contribution in [2.75, 3.05) is 0 Å². The fourth-order valence-electron chi connectivity index (χ4n) is 2.04. The number of pyridine rings is 1. The van der Waals surface area contributed by atoms with Gasteiger partial charge in [-0.1, -0.05) is 43.0 Å². The molecule has 1 heterocycles. The van der Waals surface area contributed by atoms with E-state index < -0.39 is 0 Å². The van der Waals surface area contributed by atoms with Gasteiger partial charge in [0.15, 0.2) is 17.9 Å². The van der Waals surface area contributed by atoms with Crippen molar-refractivity contribution >= 4 is 5.57 Å². The van der Waals surface area contributed by atoms with E-state index in [1.54, 1.807) is 0 Å². The van der Waals surface area contributed by atoms with Crippen molar-refractivity contribution in [3.8, 4) is 0 Å². The van der Waals surface area contributed by atoms with E-state index in [1.807, 2.05) is 6.07 Å². The number of aryl methyl sites for hydroxylation is 1. The van der Waals surface area contributed by atoms with E-state index in [0.717, 1.165) is 5.57 Å². The van der Waals surface area contributed by atoms with E-state index in [1.165, 1.54) is 11.3 Å². The van der Waals surface area contributed by atoms with Gasteiger partial charge in [0.2, 0.25) is 0 Å². The average molecular weight is 304 g/mol. The molecule has 1 aromatic carbocycles. The van der Waals surface area contributed by atoms with Crippen LogP contribution in [0.5, 0.6) is 0 Å². The molecule has 0 radical (unpaired) electrons.